The molecule has 2 aromatic rings. The van der Waals surface area contributed by atoms with Crippen LogP contribution in [0.4, 0.5) is 11.4 Å². The van der Waals surface area contributed by atoms with Crippen LogP contribution in [0.2, 0.25) is 0 Å². The van der Waals surface area contributed by atoms with Crippen LogP contribution in [0.5, 0.6) is 0 Å². The third kappa shape index (κ3) is 6.30. The number of hydrogen-bond acceptors (Lipinski definition) is 5. The van der Waals surface area contributed by atoms with Crippen LogP contribution in [-0.4, -0.2) is 51.7 Å². The van der Waals surface area contributed by atoms with Gasteiger partial charge in [-0.25, -0.2) is 8.42 Å². The molecule has 8 nitrogen and oxygen atoms in total. The highest BCUT2D eigenvalue weighted by Gasteiger charge is 2.24. The highest BCUT2D eigenvalue weighted by atomic mass is 32.2. The standard InChI is InChI=1S/C23H32N4O4S/c1-6-27(7-2)32(30,31)19-13-14-22(26(4)5)21(15-19)25-23(29)16-20(24-17(3)28)18-11-9-8-10-12-18/h8-15,20H,6-7,16H2,1-5H3,(H,24,28)(H,25,29)/t20-/m1/s1. The Labute approximate surface area is 190 Å². The average Bonchev–Trinajstić information content (AvgIpc) is 2.74. The van der Waals surface area contributed by atoms with Gasteiger partial charge in [0.25, 0.3) is 0 Å². The molecule has 0 aromatic heterocycles. The van der Waals surface area contributed by atoms with E-state index in [-0.39, 0.29) is 23.1 Å². The maximum Gasteiger partial charge on any atom is 0.243 e. The van der Waals surface area contributed by atoms with E-state index < -0.39 is 16.1 Å². The van der Waals surface area contributed by atoms with E-state index in [1.54, 1.807) is 30.9 Å². The van der Waals surface area contributed by atoms with Crippen LogP contribution in [0, 0.1) is 0 Å². The first-order chi connectivity index (χ1) is 15.1. The van der Waals surface area contributed by atoms with Crippen molar-refractivity contribution in [3.05, 3.63) is 54.1 Å². The van der Waals surface area contributed by atoms with E-state index in [4.69, 9.17) is 0 Å². The van der Waals surface area contributed by atoms with E-state index in [0.29, 0.717) is 24.5 Å². The molecule has 0 radical (unpaired) electrons. The summed E-state index contributed by atoms with van der Waals surface area (Å²) in [5.41, 5.74) is 1.87. The van der Waals surface area contributed by atoms with Crippen LogP contribution in [0.3, 0.4) is 0 Å². The van der Waals surface area contributed by atoms with Gasteiger partial charge in [0, 0.05) is 34.1 Å². The topological polar surface area (TPSA) is 98.8 Å². The molecule has 0 aliphatic carbocycles. The van der Waals surface area contributed by atoms with Gasteiger partial charge < -0.3 is 15.5 Å². The molecule has 0 bridgehead atoms. The van der Waals surface area contributed by atoms with E-state index in [9.17, 15) is 18.0 Å². The van der Waals surface area contributed by atoms with Crippen molar-refractivity contribution < 1.29 is 18.0 Å². The summed E-state index contributed by atoms with van der Waals surface area (Å²) < 4.78 is 27.3. The van der Waals surface area contributed by atoms with E-state index in [0.717, 1.165) is 5.56 Å². The molecule has 0 aliphatic rings. The molecule has 1 atom stereocenters. The average molecular weight is 461 g/mol. The number of carbonyl (C=O) groups excluding carboxylic acids is 2. The van der Waals surface area contributed by atoms with Crippen molar-refractivity contribution in [1.82, 2.24) is 9.62 Å². The van der Waals surface area contributed by atoms with Gasteiger partial charge in [0.15, 0.2) is 0 Å². The van der Waals surface area contributed by atoms with Crippen molar-refractivity contribution >= 4 is 33.2 Å². The van der Waals surface area contributed by atoms with Crippen LogP contribution < -0.4 is 15.5 Å². The summed E-state index contributed by atoms with van der Waals surface area (Å²) in [6.07, 6.45) is 0.00346. The summed E-state index contributed by atoms with van der Waals surface area (Å²) in [6, 6.07) is 13.4. The Morgan fingerprint density at radius 3 is 2.16 bits per heavy atom. The van der Waals surface area contributed by atoms with Crippen molar-refractivity contribution in [2.45, 2.75) is 38.1 Å². The Balaban J connectivity index is 2.35. The third-order valence-corrected chi connectivity index (χ3v) is 7.08. The van der Waals surface area contributed by atoms with Gasteiger partial charge in [-0.1, -0.05) is 44.2 Å². The van der Waals surface area contributed by atoms with Crippen LogP contribution in [0.25, 0.3) is 0 Å². The molecule has 0 saturated heterocycles. The van der Waals surface area contributed by atoms with Gasteiger partial charge >= 0.3 is 0 Å². The van der Waals surface area contributed by atoms with Gasteiger partial charge in [-0.2, -0.15) is 4.31 Å². The Morgan fingerprint density at radius 1 is 1.00 bits per heavy atom. The lowest BCUT2D eigenvalue weighted by Crippen LogP contribution is -2.31. The molecule has 0 heterocycles. The zero-order chi connectivity index (χ0) is 23.9. The Bertz CT molecular complexity index is 1040. The number of hydrogen-bond donors (Lipinski definition) is 2. The zero-order valence-electron chi connectivity index (χ0n) is 19.3. The summed E-state index contributed by atoms with van der Waals surface area (Å²) in [5.74, 6) is -0.582. The number of benzene rings is 2. The van der Waals surface area contributed by atoms with Gasteiger partial charge in [0.1, 0.15) is 0 Å². The predicted molar refractivity (Wildman–Crippen MR) is 127 cm³/mol. The number of nitrogens with zero attached hydrogens (tertiary/aromatic N) is 2. The number of rotatable bonds is 10. The van der Waals surface area contributed by atoms with Gasteiger partial charge in [-0.05, 0) is 23.8 Å². The van der Waals surface area contributed by atoms with Crippen molar-refractivity contribution in [3.8, 4) is 0 Å². The molecular formula is C23H32N4O4S. The fourth-order valence-electron chi connectivity index (χ4n) is 3.45. The number of sulfonamides is 1. The normalized spacial score (nSPS) is 12.3. The fraction of sp³-hybridized carbons (Fsp3) is 0.391. The number of carbonyl (C=O) groups is 2. The van der Waals surface area contributed by atoms with Crippen LogP contribution in [-0.2, 0) is 19.6 Å². The van der Waals surface area contributed by atoms with E-state index in [1.165, 1.54) is 17.3 Å². The van der Waals surface area contributed by atoms with Gasteiger partial charge in [0.05, 0.1) is 28.7 Å². The summed E-state index contributed by atoms with van der Waals surface area (Å²) >= 11 is 0. The quantitative estimate of drug-likeness (QED) is 0.568. The van der Waals surface area contributed by atoms with Crippen LogP contribution in [0.1, 0.15) is 38.8 Å². The highest BCUT2D eigenvalue weighted by Crippen LogP contribution is 2.30. The Hall–Kier alpha value is -2.91. The molecule has 2 N–H and O–H groups in total. The van der Waals surface area contributed by atoms with E-state index in [1.807, 2.05) is 44.4 Å². The van der Waals surface area contributed by atoms with E-state index >= 15 is 0 Å². The van der Waals surface area contributed by atoms with Gasteiger partial charge in [-0.15, -0.1) is 0 Å². The zero-order valence-corrected chi connectivity index (χ0v) is 20.1. The van der Waals surface area contributed by atoms with Crippen molar-refractivity contribution in [3.63, 3.8) is 0 Å². The molecule has 0 aliphatic heterocycles. The van der Waals surface area contributed by atoms with Gasteiger partial charge in [-0.3, -0.25) is 9.59 Å². The highest BCUT2D eigenvalue weighted by molar-refractivity contribution is 7.89. The Morgan fingerprint density at radius 2 is 1.62 bits per heavy atom. The second-order valence-corrected chi connectivity index (χ2v) is 9.52. The molecule has 0 unspecified atom stereocenters. The predicted octanol–water partition coefficient (Wildman–Crippen LogP) is 2.99. The fourth-order valence-corrected chi connectivity index (χ4v) is 4.93. The summed E-state index contributed by atoms with van der Waals surface area (Å²) in [4.78, 5) is 26.5. The lowest BCUT2D eigenvalue weighted by molar-refractivity contribution is -0.120. The van der Waals surface area contributed by atoms with Gasteiger partial charge in [0.2, 0.25) is 21.8 Å². The minimum atomic E-state index is -3.68. The molecule has 2 rings (SSSR count). The molecule has 9 heteroatoms. The molecule has 174 valence electrons. The van der Waals surface area contributed by atoms with Crippen molar-refractivity contribution in [2.24, 2.45) is 0 Å². The maximum absolute atomic E-state index is 12.9. The van der Waals surface area contributed by atoms with Crippen molar-refractivity contribution in [1.29, 1.82) is 0 Å². The van der Waals surface area contributed by atoms with E-state index in [2.05, 4.69) is 10.6 Å². The van der Waals surface area contributed by atoms with Crippen LogP contribution in [0.15, 0.2) is 53.4 Å². The Kier molecular flexibility index (Phi) is 8.80. The molecule has 0 spiro atoms. The minimum Gasteiger partial charge on any atom is -0.376 e. The van der Waals surface area contributed by atoms with Crippen LogP contribution >= 0.6 is 0 Å². The first kappa shape index (κ1) is 25.4. The molecule has 0 saturated carbocycles. The second-order valence-electron chi connectivity index (χ2n) is 7.58. The minimum absolute atomic E-state index is 0.00346. The summed E-state index contributed by atoms with van der Waals surface area (Å²) in [5, 5.41) is 5.64. The number of nitrogens with one attached hydrogen (secondary N) is 2. The summed E-state index contributed by atoms with van der Waals surface area (Å²) in [7, 11) is -0.0511. The second kappa shape index (κ2) is 11.1. The first-order valence-electron chi connectivity index (χ1n) is 10.5. The maximum atomic E-state index is 12.9. The largest absolute Gasteiger partial charge is 0.376 e. The lowest BCUT2D eigenvalue weighted by Gasteiger charge is -2.23. The molecule has 32 heavy (non-hydrogen) atoms. The first-order valence-corrected chi connectivity index (χ1v) is 12.0. The monoisotopic (exact) mass is 460 g/mol. The smallest absolute Gasteiger partial charge is 0.243 e. The lowest BCUT2D eigenvalue weighted by atomic mass is 10.0. The third-order valence-electron chi connectivity index (χ3n) is 5.04. The molecule has 0 fully saturated rings. The van der Waals surface area contributed by atoms with Crippen molar-refractivity contribution in [2.75, 3.05) is 37.4 Å². The molecular weight excluding hydrogens is 428 g/mol. The molecule has 2 amide bonds. The number of anilines is 2. The summed E-state index contributed by atoms with van der Waals surface area (Å²) in [6.45, 7) is 5.67. The number of amides is 2. The SMILES string of the molecule is CCN(CC)S(=O)(=O)c1ccc(N(C)C)c(NC(=O)C[C@@H](NC(C)=O)c2ccccc2)c1. The molecule has 2 aromatic carbocycles.